The molecule has 0 spiro atoms. The minimum Gasteiger partial charge on any atom is -0.474 e. The molecule has 23 heavy (non-hydrogen) atoms. The Hall–Kier alpha value is -1.78. The largest absolute Gasteiger partial charge is 0.474 e. The van der Waals surface area contributed by atoms with Crippen LogP contribution in [0.15, 0.2) is 23.3 Å². The number of ether oxygens (including phenoxy) is 1. The van der Waals surface area contributed by atoms with Crippen molar-refractivity contribution in [3.05, 3.63) is 23.9 Å². The summed E-state index contributed by atoms with van der Waals surface area (Å²) in [6, 6.07) is 4.00. The monoisotopic (exact) mass is 318 g/mol. The quantitative estimate of drug-likeness (QED) is 0.599. The van der Waals surface area contributed by atoms with E-state index in [-0.39, 0.29) is 0 Å². The van der Waals surface area contributed by atoms with Gasteiger partial charge in [0.1, 0.15) is 6.10 Å². The Morgan fingerprint density at radius 3 is 2.70 bits per heavy atom. The van der Waals surface area contributed by atoms with Gasteiger partial charge in [-0.3, -0.25) is 0 Å². The summed E-state index contributed by atoms with van der Waals surface area (Å²) in [6.07, 6.45) is 7.07. The van der Waals surface area contributed by atoms with E-state index in [1.165, 1.54) is 12.8 Å². The summed E-state index contributed by atoms with van der Waals surface area (Å²) in [5, 5.41) is 6.61. The summed E-state index contributed by atoms with van der Waals surface area (Å²) in [7, 11) is 0. The van der Waals surface area contributed by atoms with Gasteiger partial charge in [0, 0.05) is 25.4 Å². The van der Waals surface area contributed by atoms with Gasteiger partial charge >= 0.3 is 0 Å². The average Bonchev–Trinajstić information content (AvgIpc) is 3.04. The lowest BCUT2D eigenvalue weighted by Crippen LogP contribution is -2.39. The lowest BCUT2D eigenvalue weighted by atomic mass is 10.2. The average molecular weight is 318 g/mol. The molecule has 0 saturated heterocycles. The number of guanidine groups is 1. The number of nitrogens with one attached hydrogen (secondary N) is 2. The molecular formula is C18H30N4O. The molecule has 1 heterocycles. The highest BCUT2D eigenvalue weighted by Crippen LogP contribution is 2.22. The zero-order valence-corrected chi connectivity index (χ0v) is 14.6. The van der Waals surface area contributed by atoms with Crippen LogP contribution in [-0.2, 0) is 6.54 Å². The minimum atomic E-state index is 0.354. The molecule has 1 aliphatic rings. The van der Waals surface area contributed by atoms with Gasteiger partial charge in [0.05, 0.1) is 6.54 Å². The Labute approximate surface area is 139 Å². The van der Waals surface area contributed by atoms with Crippen LogP contribution in [0.5, 0.6) is 5.88 Å². The van der Waals surface area contributed by atoms with Crippen molar-refractivity contribution >= 4 is 5.96 Å². The predicted molar refractivity (Wildman–Crippen MR) is 94.8 cm³/mol. The van der Waals surface area contributed by atoms with Crippen molar-refractivity contribution in [2.75, 3.05) is 13.1 Å². The minimum absolute atomic E-state index is 0.354. The molecule has 5 nitrogen and oxygen atoms in total. The molecule has 1 aromatic heterocycles. The van der Waals surface area contributed by atoms with Crippen molar-refractivity contribution in [1.29, 1.82) is 0 Å². The van der Waals surface area contributed by atoms with Crippen LogP contribution in [0, 0.1) is 5.92 Å². The third-order valence-corrected chi connectivity index (χ3v) is 3.83. The van der Waals surface area contributed by atoms with E-state index < -0.39 is 0 Å². The highest BCUT2D eigenvalue weighted by Gasteiger charge is 2.16. The van der Waals surface area contributed by atoms with Gasteiger partial charge < -0.3 is 15.4 Å². The second-order valence-corrected chi connectivity index (χ2v) is 6.50. The van der Waals surface area contributed by atoms with E-state index >= 15 is 0 Å². The Morgan fingerprint density at radius 1 is 1.30 bits per heavy atom. The molecule has 0 aliphatic heterocycles. The van der Waals surface area contributed by atoms with E-state index in [1.54, 1.807) is 0 Å². The van der Waals surface area contributed by atoms with Crippen molar-refractivity contribution in [2.24, 2.45) is 10.9 Å². The van der Waals surface area contributed by atoms with Gasteiger partial charge in [-0.15, -0.1) is 0 Å². The van der Waals surface area contributed by atoms with E-state index in [4.69, 9.17) is 4.74 Å². The first kappa shape index (κ1) is 17.6. The van der Waals surface area contributed by atoms with Crippen LogP contribution >= 0.6 is 0 Å². The van der Waals surface area contributed by atoms with Gasteiger partial charge in [-0.2, -0.15) is 0 Å². The molecule has 1 fully saturated rings. The molecule has 128 valence electrons. The molecule has 1 saturated carbocycles. The van der Waals surface area contributed by atoms with Gasteiger partial charge in [0.15, 0.2) is 5.96 Å². The maximum absolute atomic E-state index is 5.89. The first-order valence-electron chi connectivity index (χ1n) is 8.81. The van der Waals surface area contributed by atoms with E-state index in [2.05, 4.69) is 41.4 Å². The maximum atomic E-state index is 5.89. The normalized spacial score (nSPS) is 15.9. The molecule has 0 bridgehead atoms. The number of rotatable bonds is 7. The molecular weight excluding hydrogens is 288 g/mol. The first-order chi connectivity index (χ1) is 11.2. The third kappa shape index (κ3) is 6.47. The number of aromatic nitrogens is 1. The Kier molecular flexibility index (Phi) is 7.17. The number of pyridine rings is 1. The summed E-state index contributed by atoms with van der Waals surface area (Å²) in [4.78, 5) is 9.01. The zero-order chi connectivity index (χ0) is 16.5. The topological polar surface area (TPSA) is 58.5 Å². The summed E-state index contributed by atoms with van der Waals surface area (Å²) in [5.41, 5.74) is 1.09. The molecule has 1 aromatic rings. The first-order valence-corrected chi connectivity index (χ1v) is 8.81. The molecule has 0 atom stereocenters. The predicted octanol–water partition coefficient (Wildman–Crippen LogP) is 3.11. The summed E-state index contributed by atoms with van der Waals surface area (Å²) >= 11 is 0. The van der Waals surface area contributed by atoms with Gasteiger partial charge in [-0.05, 0) is 44.1 Å². The van der Waals surface area contributed by atoms with Crippen molar-refractivity contribution < 1.29 is 4.74 Å². The summed E-state index contributed by atoms with van der Waals surface area (Å²) in [5.74, 6) is 2.18. The molecule has 2 N–H and O–H groups in total. The second-order valence-electron chi connectivity index (χ2n) is 6.50. The van der Waals surface area contributed by atoms with Gasteiger partial charge in [-0.1, -0.05) is 19.9 Å². The molecule has 0 unspecified atom stereocenters. The Morgan fingerprint density at radius 2 is 2.09 bits per heavy atom. The summed E-state index contributed by atoms with van der Waals surface area (Å²) in [6.45, 7) is 8.83. The van der Waals surface area contributed by atoms with Crippen LogP contribution in [0.4, 0.5) is 0 Å². The number of aliphatic imine (C=N–C) groups is 1. The van der Waals surface area contributed by atoms with Crippen LogP contribution in [0.25, 0.3) is 0 Å². The maximum Gasteiger partial charge on any atom is 0.213 e. The van der Waals surface area contributed by atoms with E-state index in [0.717, 1.165) is 43.3 Å². The fourth-order valence-corrected chi connectivity index (χ4v) is 2.56. The van der Waals surface area contributed by atoms with Crippen LogP contribution in [0.3, 0.4) is 0 Å². The highest BCUT2D eigenvalue weighted by molar-refractivity contribution is 5.79. The van der Waals surface area contributed by atoms with Crippen molar-refractivity contribution in [2.45, 2.75) is 59.1 Å². The Bertz CT molecular complexity index is 478. The lowest BCUT2D eigenvalue weighted by molar-refractivity contribution is 0.201. The standard InChI is InChI=1S/C18H30N4O/c1-4-19-18(21-11-14(2)3)22-13-15-9-10-17(20-12-15)23-16-7-5-6-8-16/h9-10,12,14,16H,4-8,11,13H2,1-3H3,(H2,19,21,22). The van der Waals surface area contributed by atoms with E-state index in [1.807, 2.05) is 18.3 Å². The van der Waals surface area contributed by atoms with E-state index in [0.29, 0.717) is 18.6 Å². The zero-order valence-electron chi connectivity index (χ0n) is 14.6. The Balaban J connectivity index is 1.86. The van der Waals surface area contributed by atoms with E-state index in [9.17, 15) is 0 Å². The number of hydrogen-bond acceptors (Lipinski definition) is 3. The second kappa shape index (κ2) is 9.38. The third-order valence-electron chi connectivity index (χ3n) is 3.83. The van der Waals surface area contributed by atoms with Crippen LogP contribution in [0.1, 0.15) is 52.0 Å². The van der Waals surface area contributed by atoms with Crippen molar-refractivity contribution in [1.82, 2.24) is 15.6 Å². The van der Waals surface area contributed by atoms with Crippen LogP contribution in [-0.4, -0.2) is 30.1 Å². The molecule has 0 aromatic carbocycles. The van der Waals surface area contributed by atoms with Gasteiger partial charge in [0.2, 0.25) is 5.88 Å². The van der Waals surface area contributed by atoms with Gasteiger partial charge in [-0.25, -0.2) is 9.98 Å². The van der Waals surface area contributed by atoms with Gasteiger partial charge in [0.25, 0.3) is 0 Å². The molecule has 2 rings (SSSR count). The van der Waals surface area contributed by atoms with Crippen molar-refractivity contribution in [3.8, 4) is 5.88 Å². The smallest absolute Gasteiger partial charge is 0.213 e. The van der Waals surface area contributed by atoms with Crippen LogP contribution < -0.4 is 15.4 Å². The molecule has 0 radical (unpaired) electrons. The van der Waals surface area contributed by atoms with Crippen LogP contribution in [0.2, 0.25) is 0 Å². The highest BCUT2D eigenvalue weighted by atomic mass is 16.5. The molecule has 5 heteroatoms. The fourth-order valence-electron chi connectivity index (χ4n) is 2.56. The fraction of sp³-hybridized carbons (Fsp3) is 0.667. The SMILES string of the molecule is CCNC(=NCc1ccc(OC2CCCC2)nc1)NCC(C)C. The van der Waals surface area contributed by atoms with Crippen molar-refractivity contribution in [3.63, 3.8) is 0 Å². The number of hydrogen-bond donors (Lipinski definition) is 2. The summed E-state index contributed by atoms with van der Waals surface area (Å²) < 4.78 is 5.89. The molecule has 0 amide bonds. The molecule has 1 aliphatic carbocycles. The number of nitrogens with zero attached hydrogens (tertiary/aromatic N) is 2. The lowest BCUT2D eigenvalue weighted by Gasteiger charge is -2.13.